The predicted molar refractivity (Wildman–Crippen MR) is 103 cm³/mol. The molecule has 0 aromatic carbocycles. The molecule has 4 rings (SSSR count). The Bertz CT molecular complexity index is 945. The second-order valence-electron chi connectivity index (χ2n) is 8.86. The normalized spacial score (nSPS) is 22.6. The van der Waals surface area contributed by atoms with Crippen molar-refractivity contribution >= 4 is 23.0 Å². The fraction of sp³-hybridized carbons (Fsp3) is 0.619. The van der Waals surface area contributed by atoms with E-state index in [2.05, 4.69) is 10.1 Å². The van der Waals surface area contributed by atoms with Crippen molar-refractivity contribution in [3.05, 3.63) is 23.0 Å². The van der Waals surface area contributed by atoms with Gasteiger partial charge in [-0.3, -0.25) is 9.59 Å². The lowest BCUT2D eigenvalue weighted by Crippen LogP contribution is -2.40. The number of nitrogens with zero attached hydrogens (tertiary/aromatic N) is 3. The van der Waals surface area contributed by atoms with Crippen molar-refractivity contribution < 1.29 is 19.2 Å². The van der Waals surface area contributed by atoms with Crippen LogP contribution in [0.3, 0.4) is 0 Å². The maximum Gasteiger partial charge on any atom is 0.311 e. The van der Waals surface area contributed by atoms with Gasteiger partial charge in [0.2, 0.25) is 0 Å². The number of carbonyl (C=O) groups is 2. The Balaban J connectivity index is 1.77. The molecule has 7 nitrogen and oxygen atoms in total. The van der Waals surface area contributed by atoms with Gasteiger partial charge in [0.25, 0.3) is 11.6 Å². The van der Waals surface area contributed by atoms with E-state index < -0.39 is 11.4 Å². The molecule has 28 heavy (non-hydrogen) atoms. The summed E-state index contributed by atoms with van der Waals surface area (Å²) in [5, 5.41) is 14.6. The molecular weight excluding hydrogens is 358 g/mol. The standard InChI is InChI=1S/C21H27N3O4/c1-11(2)17-16-14(9-15(13-5-6-13)22-18(16)28-23-17)19(25)24-8-7-21(10-24,12(3)4)20(26)27/h9,11-13H,5-8,10H2,1-4H3,(H,26,27). The molecule has 1 atom stereocenters. The summed E-state index contributed by atoms with van der Waals surface area (Å²) in [5.41, 5.74) is 1.65. The van der Waals surface area contributed by atoms with Gasteiger partial charge in [-0.15, -0.1) is 0 Å². The Morgan fingerprint density at radius 1 is 1.29 bits per heavy atom. The quantitative estimate of drug-likeness (QED) is 0.841. The average Bonchev–Trinajstić information content (AvgIpc) is 3.23. The summed E-state index contributed by atoms with van der Waals surface area (Å²) in [4.78, 5) is 31.7. The largest absolute Gasteiger partial charge is 0.481 e. The van der Waals surface area contributed by atoms with Crippen molar-refractivity contribution in [3.8, 4) is 0 Å². The van der Waals surface area contributed by atoms with Crippen LogP contribution in [-0.2, 0) is 4.79 Å². The van der Waals surface area contributed by atoms with Crippen LogP contribution in [0.2, 0.25) is 0 Å². The molecule has 0 radical (unpaired) electrons. The van der Waals surface area contributed by atoms with Crippen molar-refractivity contribution in [2.75, 3.05) is 13.1 Å². The number of rotatable bonds is 5. The molecule has 1 saturated carbocycles. The van der Waals surface area contributed by atoms with E-state index in [0.29, 0.717) is 35.5 Å². The van der Waals surface area contributed by atoms with Gasteiger partial charge in [0, 0.05) is 24.7 Å². The molecule has 2 aliphatic rings. The van der Waals surface area contributed by atoms with Gasteiger partial charge in [-0.25, -0.2) is 4.98 Å². The third kappa shape index (κ3) is 2.88. The number of likely N-dealkylation sites (tertiary alicyclic amines) is 1. The van der Waals surface area contributed by atoms with Crippen LogP contribution in [0.25, 0.3) is 11.1 Å². The van der Waals surface area contributed by atoms with Crippen LogP contribution < -0.4 is 0 Å². The minimum absolute atomic E-state index is 0.0518. The van der Waals surface area contributed by atoms with E-state index in [1.54, 1.807) is 4.90 Å². The van der Waals surface area contributed by atoms with Crippen LogP contribution in [0.5, 0.6) is 0 Å². The van der Waals surface area contributed by atoms with Crippen LogP contribution in [0, 0.1) is 11.3 Å². The highest BCUT2D eigenvalue weighted by molar-refractivity contribution is 6.06. The number of carboxylic acids is 1. The maximum atomic E-state index is 13.5. The van der Waals surface area contributed by atoms with Gasteiger partial charge in [-0.05, 0) is 37.2 Å². The minimum Gasteiger partial charge on any atom is -0.481 e. The predicted octanol–water partition coefficient (Wildman–Crippen LogP) is 3.80. The lowest BCUT2D eigenvalue weighted by Gasteiger charge is -2.28. The monoisotopic (exact) mass is 385 g/mol. The molecule has 2 aromatic rings. The molecule has 2 aromatic heterocycles. The van der Waals surface area contributed by atoms with Crippen molar-refractivity contribution in [3.63, 3.8) is 0 Å². The Labute approximate surface area is 164 Å². The van der Waals surface area contributed by atoms with E-state index in [-0.39, 0.29) is 24.3 Å². The second-order valence-corrected chi connectivity index (χ2v) is 8.86. The zero-order valence-corrected chi connectivity index (χ0v) is 16.9. The summed E-state index contributed by atoms with van der Waals surface area (Å²) in [5.74, 6) is -0.568. The van der Waals surface area contributed by atoms with Gasteiger partial charge < -0.3 is 14.5 Å². The molecule has 1 saturated heterocycles. The molecule has 1 aliphatic carbocycles. The number of carboxylic acid groups (broad SMARTS) is 1. The van der Waals surface area contributed by atoms with E-state index in [0.717, 1.165) is 24.2 Å². The maximum absolute atomic E-state index is 13.5. The smallest absolute Gasteiger partial charge is 0.311 e. The van der Waals surface area contributed by atoms with Crippen LogP contribution in [0.15, 0.2) is 10.6 Å². The number of aromatic nitrogens is 2. The summed E-state index contributed by atoms with van der Waals surface area (Å²) in [6.45, 7) is 8.50. The zero-order valence-electron chi connectivity index (χ0n) is 16.9. The molecule has 1 unspecified atom stereocenters. The van der Waals surface area contributed by atoms with Crippen LogP contribution in [0.1, 0.15) is 80.5 Å². The molecule has 1 amide bonds. The first-order chi connectivity index (χ1) is 13.2. The molecule has 7 heteroatoms. The highest BCUT2D eigenvalue weighted by Gasteiger charge is 2.49. The Kier molecular flexibility index (Phi) is 4.43. The van der Waals surface area contributed by atoms with Gasteiger partial charge in [-0.1, -0.05) is 32.9 Å². The third-order valence-corrected chi connectivity index (χ3v) is 6.38. The minimum atomic E-state index is -0.892. The van der Waals surface area contributed by atoms with Crippen molar-refractivity contribution in [2.24, 2.45) is 11.3 Å². The van der Waals surface area contributed by atoms with Gasteiger partial charge in [-0.2, -0.15) is 0 Å². The molecule has 0 spiro atoms. The number of aliphatic carboxylic acids is 1. The molecule has 3 heterocycles. The second kappa shape index (κ2) is 6.57. The number of carbonyl (C=O) groups excluding carboxylic acids is 1. The number of fused-ring (bicyclic) bond motifs is 1. The molecule has 1 N–H and O–H groups in total. The molecule has 0 bridgehead atoms. The average molecular weight is 385 g/mol. The van der Waals surface area contributed by atoms with Gasteiger partial charge in [0.1, 0.15) is 0 Å². The number of amides is 1. The Hall–Kier alpha value is -2.44. The first-order valence-electron chi connectivity index (χ1n) is 10.1. The molecule has 2 fully saturated rings. The van der Waals surface area contributed by atoms with E-state index in [4.69, 9.17) is 4.52 Å². The fourth-order valence-corrected chi connectivity index (χ4v) is 4.21. The number of hydrogen-bond acceptors (Lipinski definition) is 5. The molecule has 150 valence electrons. The zero-order chi connectivity index (χ0) is 20.2. The van der Waals surface area contributed by atoms with Crippen LogP contribution in [-0.4, -0.2) is 45.1 Å². The van der Waals surface area contributed by atoms with Crippen molar-refractivity contribution in [1.29, 1.82) is 0 Å². The van der Waals surface area contributed by atoms with E-state index in [9.17, 15) is 14.7 Å². The summed E-state index contributed by atoms with van der Waals surface area (Å²) in [6, 6.07) is 1.88. The van der Waals surface area contributed by atoms with Gasteiger partial charge >= 0.3 is 5.97 Å². The Morgan fingerprint density at radius 3 is 2.54 bits per heavy atom. The van der Waals surface area contributed by atoms with Crippen molar-refractivity contribution in [2.45, 2.75) is 58.8 Å². The Morgan fingerprint density at radius 2 is 2.00 bits per heavy atom. The van der Waals surface area contributed by atoms with E-state index in [1.165, 1.54) is 0 Å². The summed E-state index contributed by atoms with van der Waals surface area (Å²) in [7, 11) is 0. The van der Waals surface area contributed by atoms with Crippen LogP contribution in [0.4, 0.5) is 0 Å². The fourth-order valence-electron chi connectivity index (χ4n) is 4.21. The van der Waals surface area contributed by atoms with Gasteiger partial charge in [0.15, 0.2) is 0 Å². The first kappa shape index (κ1) is 18.9. The molecular formula is C21H27N3O4. The topological polar surface area (TPSA) is 96.5 Å². The van der Waals surface area contributed by atoms with E-state index >= 15 is 0 Å². The lowest BCUT2D eigenvalue weighted by molar-refractivity contribution is -0.150. The number of pyridine rings is 1. The number of hydrogen-bond donors (Lipinski definition) is 1. The highest BCUT2D eigenvalue weighted by atomic mass is 16.5. The summed E-state index contributed by atoms with van der Waals surface area (Å²) >= 11 is 0. The molecule has 1 aliphatic heterocycles. The summed E-state index contributed by atoms with van der Waals surface area (Å²) < 4.78 is 5.47. The van der Waals surface area contributed by atoms with Crippen molar-refractivity contribution in [1.82, 2.24) is 15.0 Å². The lowest BCUT2D eigenvalue weighted by atomic mass is 9.76. The summed E-state index contributed by atoms with van der Waals surface area (Å²) in [6.07, 6.45) is 2.60. The third-order valence-electron chi connectivity index (χ3n) is 6.38. The highest BCUT2D eigenvalue weighted by Crippen LogP contribution is 2.42. The first-order valence-corrected chi connectivity index (χ1v) is 10.1. The SMILES string of the molecule is CC(C)c1noc2nc(C3CC3)cc(C(=O)N3CCC(C(=O)O)(C(C)C)C3)c12. The van der Waals surface area contributed by atoms with Gasteiger partial charge in [0.05, 0.1) is 22.1 Å². The van der Waals surface area contributed by atoms with Crippen LogP contribution >= 0.6 is 0 Å². The van der Waals surface area contributed by atoms with E-state index in [1.807, 2.05) is 33.8 Å².